The number of nitrogens with one attached hydrogen (secondary N) is 2. The van der Waals surface area contributed by atoms with Gasteiger partial charge in [-0.25, -0.2) is 0 Å². The molecule has 0 amide bonds. The maximum absolute atomic E-state index is 8.84. The molecule has 4 heteroatoms. The SMILES string of the molecule is Cc1cc(NCc2cn[nH]c2C)ccc1C#N. The summed E-state index contributed by atoms with van der Waals surface area (Å²) in [6, 6.07) is 7.89. The molecule has 0 aliphatic carbocycles. The minimum absolute atomic E-state index is 0.718. The number of hydrogen-bond donors (Lipinski definition) is 2. The predicted octanol–water partition coefficient (Wildman–Crippen LogP) is 2.51. The van der Waals surface area contributed by atoms with E-state index >= 15 is 0 Å². The molecule has 2 N–H and O–H groups in total. The van der Waals surface area contributed by atoms with E-state index in [1.807, 2.05) is 38.2 Å². The molecule has 0 saturated carbocycles. The van der Waals surface area contributed by atoms with Crippen LogP contribution in [0.5, 0.6) is 0 Å². The first-order valence-corrected chi connectivity index (χ1v) is 5.44. The third-order valence-corrected chi connectivity index (χ3v) is 2.76. The van der Waals surface area contributed by atoms with Crippen molar-refractivity contribution >= 4 is 5.69 Å². The Morgan fingerprint density at radius 1 is 1.41 bits per heavy atom. The molecule has 2 aromatic rings. The number of aryl methyl sites for hydroxylation is 2. The van der Waals surface area contributed by atoms with Crippen LogP contribution in [0, 0.1) is 25.2 Å². The Bertz CT molecular complexity index is 563. The number of nitriles is 1. The molecular formula is C13H14N4. The summed E-state index contributed by atoms with van der Waals surface area (Å²) in [5.41, 5.74) is 4.94. The molecule has 86 valence electrons. The molecule has 1 heterocycles. The Balaban J connectivity index is 2.08. The Morgan fingerprint density at radius 3 is 2.82 bits per heavy atom. The van der Waals surface area contributed by atoms with Gasteiger partial charge in [-0.15, -0.1) is 0 Å². The molecular weight excluding hydrogens is 212 g/mol. The third-order valence-electron chi connectivity index (χ3n) is 2.76. The lowest BCUT2D eigenvalue weighted by Gasteiger charge is -2.07. The summed E-state index contributed by atoms with van der Waals surface area (Å²) in [5, 5.41) is 19.0. The van der Waals surface area contributed by atoms with Crippen molar-refractivity contribution in [3.05, 3.63) is 46.8 Å². The maximum Gasteiger partial charge on any atom is 0.0994 e. The largest absolute Gasteiger partial charge is 0.381 e. The average Bonchev–Trinajstić information content (AvgIpc) is 2.72. The van der Waals surface area contributed by atoms with E-state index in [0.29, 0.717) is 0 Å². The van der Waals surface area contributed by atoms with Crippen molar-refractivity contribution in [3.63, 3.8) is 0 Å². The summed E-state index contributed by atoms with van der Waals surface area (Å²) < 4.78 is 0. The Labute approximate surface area is 100 Å². The second kappa shape index (κ2) is 4.71. The van der Waals surface area contributed by atoms with Crippen LogP contribution in [0.2, 0.25) is 0 Å². The standard InChI is InChI=1S/C13H14N4/c1-9-5-13(4-3-11(9)6-14)15-7-12-8-16-17-10(12)2/h3-5,8,15H,7H2,1-2H3,(H,16,17). The summed E-state index contributed by atoms with van der Waals surface area (Å²) in [6.07, 6.45) is 1.82. The molecule has 0 aliphatic heterocycles. The van der Waals surface area contributed by atoms with E-state index in [9.17, 15) is 0 Å². The first-order chi connectivity index (χ1) is 8.20. The molecule has 0 aliphatic rings. The molecule has 1 aromatic heterocycles. The van der Waals surface area contributed by atoms with Crippen LogP contribution in [0.1, 0.15) is 22.4 Å². The molecule has 0 unspecified atom stereocenters. The molecule has 2 rings (SSSR count). The van der Waals surface area contributed by atoms with Gasteiger partial charge in [0.2, 0.25) is 0 Å². The Hall–Kier alpha value is -2.28. The number of aromatic nitrogens is 2. The van der Waals surface area contributed by atoms with E-state index in [2.05, 4.69) is 21.6 Å². The number of hydrogen-bond acceptors (Lipinski definition) is 3. The summed E-state index contributed by atoms with van der Waals surface area (Å²) in [6.45, 7) is 4.66. The molecule has 1 aromatic carbocycles. The summed E-state index contributed by atoms with van der Waals surface area (Å²) >= 11 is 0. The number of nitrogens with zero attached hydrogens (tertiary/aromatic N) is 2. The molecule has 0 radical (unpaired) electrons. The van der Waals surface area contributed by atoms with Gasteiger partial charge in [0.15, 0.2) is 0 Å². The highest BCUT2D eigenvalue weighted by Gasteiger charge is 2.01. The number of anilines is 1. The predicted molar refractivity (Wildman–Crippen MR) is 66.5 cm³/mol. The quantitative estimate of drug-likeness (QED) is 0.845. The second-order valence-corrected chi connectivity index (χ2v) is 4.02. The van der Waals surface area contributed by atoms with E-state index < -0.39 is 0 Å². The van der Waals surface area contributed by atoms with Gasteiger partial charge in [-0.1, -0.05) is 0 Å². The van der Waals surface area contributed by atoms with E-state index in [4.69, 9.17) is 5.26 Å². The molecule has 0 fully saturated rings. The normalized spacial score (nSPS) is 9.94. The van der Waals surface area contributed by atoms with Crippen LogP contribution >= 0.6 is 0 Å². The van der Waals surface area contributed by atoms with E-state index in [-0.39, 0.29) is 0 Å². The van der Waals surface area contributed by atoms with Gasteiger partial charge in [0.1, 0.15) is 0 Å². The van der Waals surface area contributed by atoms with Gasteiger partial charge < -0.3 is 5.32 Å². The highest BCUT2D eigenvalue weighted by Crippen LogP contribution is 2.15. The van der Waals surface area contributed by atoms with Crippen molar-refractivity contribution in [2.24, 2.45) is 0 Å². The second-order valence-electron chi connectivity index (χ2n) is 4.02. The van der Waals surface area contributed by atoms with Gasteiger partial charge in [-0.05, 0) is 37.6 Å². The fourth-order valence-corrected chi connectivity index (χ4v) is 1.65. The first kappa shape index (κ1) is 11.2. The zero-order valence-electron chi connectivity index (χ0n) is 9.91. The monoisotopic (exact) mass is 226 g/mol. The molecule has 17 heavy (non-hydrogen) atoms. The summed E-state index contributed by atoms with van der Waals surface area (Å²) in [5.74, 6) is 0. The minimum atomic E-state index is 0.718. The van der Waals surface area contributed by atoms with Crippen molar-refractivity contribution in [2.45, 2.75) is 20.4 Å². The molecule has 0 atom stereocenters. The first-order valence-electron chi connectivity index (χ1n) is 5.44. The van der Waals surface area contributed by atoms with Gasteiger partial charge >= 0.3 is 0 Å². The topological polar surface area (TPSA) is 64.5 Å². The van der Waals surface area contributed by atoms with Gasteiger partial charge in [-0.2, -0.15) is 10.4 Å². The zero-order valence-corrected chi connectivity index (χ0v) is 9.91. The zero-order chi connectivity index (χ0) is 12.3. The maximum atomic E-state index is 8.84. The lowest BCUT2D eigenvalue weighted by Crippen LogP contribution is -2.00. The van der Waals surface area contributed by atoms with Crippen LogP contribution in [-0.4, -0.2) is 10.2 Å². The smallest absolute Gasteiger partial charge is 0.0994 e. The fraction of sp³-hybridized carbons (Fsp3) is 0.231. The molecule has 0 spiro atoms. The van der Waals surface area contributed by atoms with Crippen molar-refractivity contribution in [3.8, 4) is 6.07 Å². The number of benzene rings is 1. The molecule has 0 bridgehead atoms. The molecule has 0 saturated heterocycles. The molecule has 4 nitrogen and oxygen atoms in total. The average molecular weight is 226 g/mol. The fourth-order valence-electron chi connectivity index (χ4n) is 1.65. The van der Waals surface area contributed by atoms with Crippen molar-refractivity contribution in [1.82, 2.24) is 10.2 Å². The Morgan fingerprint density at radius 2 is 2.24 bits per heavy atom. The van der Waals surface area contributed by atoms with Crippen molar-refractivity contribution in [1.29, 1.82) is 5.26 Å². The van der Waals surface area contributed by atoms with Gasteiger partial charge in [0.05, 0.1) is 17.8 Å². The van der Waals surface area contributed by atoms with E-state index in [1.165, 1.54) is 0 Å². The van der Waals surface area contributed by atoms with Gasteiger partial charge in [0, 0.05) is 23.5 Å². The van der Waals surface area contributed by atoms with Gasteiger partial charge in [0.25, 0.3) is 0 Å². The van der Waals surface area contributed by atoms with Crippen LogP contribution in [0.15, 0.2) is 24.4 Å². The van der Waals surface area contributed by atoms with E-state index in [1.54, 1.807) is 0 Å². The van der Waals surface area contributed by atoms with Crippen LogP contribution in [0.4, 0.5) is 5.69 Å². The van der Waals surface area contributed by atoms with Crippen molar-refractivity contribution < 1.29 is 0 Å². The highest BCUT2D eigenvalue weighted by molar-refractivity contribution is 5.51. The minimum Gasteiger partial charge on any atom is -0.381 e. The van der Waals surface area contributed by atoms with Crippen molar-refractivity contribution in [2.75, 3.05) is 5.32 Å². The highest BCUT2D eigenvalue weighted by atomic mass is 15.1. The lowest BCUT2D eigenvalue weighted by atomic mass is 10.1. The van der Waals surface area contributed by atoms with Crippen LogP contribution in [0.25, 0.3) is 0 Å². The summed E-state index contributed by atoms with van der Waals surface area (Å²) in [7, 11) is 0. The Kier molecular flexibility index (Phi) is 3.10. The number of aromatic amines is 1. The van der Waals surface area contributed by atoms with Crippen LogP contribution in [-0.2, 0) is 6.54 Å². The van der Waals surface area contributed by atoms with Crippen LogP contribution < -0.4 is 5.32 Å². The van der Waals surface area contributed by atoms with Crippen LogP contribution in [0.3, 0.4) is 0 Å². The third kappa shape index (κ3) is 2.45. The number of H-pyrrole nitrogens is 1. The van der Waals surface area contributed by atoms with E-state index in [0.717, 1.165) is 34.6 Å². The lowest BCUT2D eigenvalue weighted by molar-refractivity contribution is 1.04. The van der Waals surface area contributed by atoms with Gasteiger partial charge in [-0.3, -0.25) is 5.10 Å². The number of rotatable bonds is 3. The summed E-state index contributed by atoms with van der Waals surface area (Å²) in [4.78, 5) is 0.